The number of piperazine rings is 1. The highest BCUT2D eigenvalue weighted by Gasteiger charge is 2.39. The van der Waals surface area contributed by atoms with E-state index in [0.29, 0.717) is 6.61 Å². The number of unbranched alkanes of at least 4 members (excludes halogenated alkanes) is 1. The van der Waals surface area contributed by atoms with E-state index in [9.17, 15) is 5.11 Å². The first-order valence-electron chi connectivity index (χ1n) is 13.1. The zero-order chi connectivity index (χ0) is 22.9. The van der Waals surface area contributed by atoms with Gasteiger partial charge in [0.25, 0.3) is 0 Å². The molecule has 1 unspecified atom stereocenters. The number of hydrogen-bond donors (Lipinski definition) is 1. The lowest BCUT2D eigenvalue weighted by atomic mass is 9.72. The zero-order valence-corrected chi connectivity index (χ0v) is 20.4. The number of hydrogen-bond acceptors (Lipinski definition) is 4. The van der Waals surface area contributed by atoms with Crippen LogP contribution in [0.4, 0.5) is 0 Å². The van der Waals surface area contributed by atoms with Crippen LogP contribution >= 0.6 is 0 Å². The fourth-order valence-electron chi connectivity index (χ4n) is 5.47. The van der Waals surface area contributed by atoms with Gasteiger partial charge in [0.1, 0.15) is 12.4 Å². The summed E-state index contributed by atoms with van der Waals surface area (Å²) in [7, 11) is 0. The summed E-state index contributed by atoms with van der Waals surface area (Å²) in [4.78, 5) is 5.18. The SMILES string of the molecule is CCCCN1CCN(CC(c2ccc(OCc3ccccc3)cc2)C2(O)CCCCC2)CC1. The molecule has 2 aromatic carbocycles. The van der Waals surface area contributed by atoms with E-state index in [1.54, 1.807) is 0 Å². The van der Waals surface area contributed by atoms with E-state index in [-0.39, 0.29) is 5.92 Å². The van der Waals surface area contributed by atoms with Crippen LogP contribution in [-0.2, 0) is 6.61 Å². The zero-order valence-electron chi connectivity index (χ0n) is 20.4. The first-order valence-corrected chi connectivity index (χ1v) is 13.1. The lowest BCUT2D eigenvalue weighted by Gasteiger charge is -2.43. The van der Waals surface area contributed by atoms with E-state index >= 15 is 0 Å². The summed E-state index contributed by atoms with van der Waals surface area (Å²) in [5, 5.41) is 11.7. The Kier molecular flexibility index (Phi) is 8.82. The molecule has 1 aliphatic carbocycles. The third kappa shape index (κ3) is 6.81. The van der Waals surface area contributed by atoms with Gasteiger partial charge in [-0.25, -0.2) is 0 Å². The minimum absolute atomic E-state index is 0.156. The quantitative estimate of drug-likeness (QED) is 0.521. The summed E-state index contributed by atoms with van der Waals surface area (Å²) >= 11 is 0. The smallest absolute Gasteiger partial charge is 0.119 e. The molecule has 4 nitrogen and oxygen atoms in total. The van der Waals surface area contributed by atoms with Gasteiger partial charge in [-0.05, 0) is 49.1 Å². The normalized spacial score (nSPS) is 20.4. The van der Waals surface area contributed by atoms with Gasteiger partial charge in [0.05, 0.1) is 5.60 Å². The van der Waals surface area contributed by atoms with Crippen LogP contribution in [0.25, 0.3) is 0 Å². The Morgan fingerprint density at radius 2 is 1.55 bits per heavy atom. The summed E-state index contributed by atoms with van der Waals surface area (Å²) in [6, 6.07) is 18.8. The molecule has 0 bridgehead atoms. The van der Waals surface area contributed by atoms with Gasteiger partial charge in [0, 0.05) is 38.6 Å². The monoisotopic (exact) mass is 450 g/mol. The van der Waals surface area contributed by atoms with Crippen molar-refractivity contribution < 1.29 is 9.84 Å². The van der Waals surface area contributed by atoms with Crippen LogP contribution in [0.5, 0.6) is 5.75 Å². The number of ether oxygens (including phenoxy) is 1. The number of benzene rings is 2. The van der Waals surface area contributed by atoms with E-state index in [4.69, 9.17) is 4.74 Å². The second kappa shape index (κ2) is 12.0. The molecule has 0 amide bonds. The highest BCUT2D eigenvalue weighted by Crippen LogP contribution is 2.41. The van der Waals surface area contributed by atoms with Crippen molar-refractivity contribution in [2.24, 2.45) is 0 Å². The van der Waals surface area contributed by atoms with Crippen LogP contribution in [0.3, 0.4) is 0 Å². The van der Waals surface area contributed by atoms with E-state index in [0.717, 1.165) is 64.2 Å². The van der Waals surface area contributed by atoms with Crippen molar-refractivity contribution in [1.82, 2.24) is 9.80 Å². The number of rotatable bonds is 10. The summed E-state index contributed by atoms with van der Waals surface area (Å²) in [5.74, 6) is 1.05. The Morgan fingerprint density at radius 1 is 0.879 bits per heavy atom. The Bertz CT molecular complexity index is 809. The van der Waals surface area contributed by atoms with Gasteiger partial charge in [-0.2, -0.15) is 0 Å². The van der Waals surface area contributed by atoms with Gasteiger partial charge in [0.15, 0.2) is 0 Å². The van der Waals surface area contributed by atoms with Crippen molar-refractivity contribution in [3.8, 4) is 5.75 Å². The molecule has 4 heteroatoms. The average Bonchev–Trinajstić information content (AvgIpc) is 2.87. The highest BCUT2D eigenvalue weighted by molar-refractivity contribution is 5.32. The van der Waals surface area contributed by atoms with E-state index in [2.05, 4.69) is 53.1 Å². The largest absolute Gasteiger partial charge is 0.489 e. The molecule has 33 heavy (non-hydrogen) atoms. The van der Waals surface area contributed by atoms with Crippen molar-refractivity contribution in [2.75, 3.05) is 39.3 Å². The van der Waals surface area contributed by atoms with Crippen LogP contribution in [0.1, 0.15) is 68.9 Å². The molecule has 2 aromatic rings. The van der Waals surface area contributed by atoms with Gasteiger partial charge < -0.3 is 19.6 Å². The molecule has 4 rings (SSSR count). The molecule has 180 valence electrons. The third-order valence-electron chi connectivity index (χ3n) is 7.63. The van der Waals surface area contributed by atoms with Crippen LogP contribution in [-0.4, -0.2) is 59.8 Å². The number of aliphatic hydroxyl groups is 1. The first kappa shape index (κ1) is 24.3. The first-order chi connectivity index (χ1) is 16.2. The molecule has 1 heterocycles. The fraction of sp³-hybridized carbons (Fsp3) is 0.586. The molecule has 1 N–H and O–H groups in total. The van der Waals surface area contributed by atoms with Gasteiger partial charge in [0.2, 0.25) is 0 Å². The van der Waals surface area contributed by atoms with Crippen LogP contribution in [0.2, 0.25) is 0 Å². The topological polar surface area (TPSA) is 35.9 Å². The van der Waals surface area contributed by atoms with Crippen molar-refractivity contribution in [1.29, 1.82) is 0 Å². The fourth-order valence-corrected chi connectivity index (χ4v) is 5.47. The Morgan fingerprint density at radius 3 is 2.21 bits per heavy atom. The Labute approximate surface area is 200 Å². The molecule has 1 atom stereocenters. The van der Waals surface area contributed by atoms with Crippen molar-refractivity contribution in [3.63, 3.8) is 0 Å². The summed E-state index contributed by atoms with van der Waals surface area (Å²) in [6.45, 7) is 9.53. The average molecular weight is 451 g/mol. The molecule has 0 radical (unpaired) electrons. The van der Waals surface area contributed by atoms with Crippen LogP contribution in [0, 0.1) is 0 Å². The lowest BCUT2D eigenvalue weighted by Crippen LogP contribution is -2.51. The van der Waals surface area contributed by atoms with Crippen LogP contribution in [0.15, 0.2) is 54.6 Å². The molecule has 1 saturated heterocycles. The molecule has 2 aliphatic rings. The molecule has 1 aliphatic heterocycles. The highest BCUT2D eigenvalue weighted by atomic mass is 16.5. The van der Waals surface area contributed by atoms with Crippen LogP contribution < -0.4 is 4.74 Å². The molecular weight excluding hydrogens is 408 g/mol. The molecule has 2 fully saturated rings. The molecule has 0 spiro atoms. The van der Waals surface area contributed by atoms with Crippen molar-refractivity contribution >= 4 is 0 Å². The summed E-state index contributed by atoms with van der Waals surface area (Å²) < 4.78 is 6.01. The standard InChI is InChI=1S/C29H42N2O2/c1-2-3-18-30-19-21-31(22-20-30)23-28(29(32)16-8-5-9-17-29)26-12-14-27(15-13-26)33-24-25-10-6-4-7-11-25/h4,6-7,10-15,28,32H,2-3,5,8-9,16-24H2,1H3. The predicted molar refractivity (Wildman–Crippen MR) is 136 cm³/mol. The van der Waals surface area contributed by atoms with Gasteiger partial charge >= 0.3 is 0 Å². The third-order valence-corrected chi connectivity index (χ3v) is 7.63. The van der Waals surface area contributed by atoms with Crippen molar-refractivity contribution in [2.45, 2.75) is 70.0 Å². The Balaban J connectivity index is 1.41. The minimum Gasteiger partial charge on any atom is -0.489 e. The maximum atomic E-state index is 11.7. The molecular formula is C29H42N2O2. The second-order valence-corrected chi connectivity index (χ2v) is 10.1. The summed E-state index contributed by atoms with van der Waals surface area (Å²) in [5.41, 5.74) is 1.83. The Hall–Kier alpha value is -1.88. The van der Waals surface area contributed by atoms with E-state index < -0.39 is 5.60 Å². The second-order valence-electron chi connectivity index (χ2n) is 10.1. The maximum absolute atomic E-state index is 11.7. The van der Waals surface area contributed by atoms with Crippen molar-refractivity contribution in [3.05, 3.63) is 65.7 Å². The maximum Gasteiger partial charge on any atom is 0.119 e. The molecule has 0 aromatic heterocycles. The predicted octanol–water partition coefficient (Wildman–Crippen LogP) is 5.46. The van der Waals surface area contributed by atoms with E-state index in [1.165, 1.54) is 36.9 Å². The van der Waals surface area contributed by atoms with E-state index in [1.807, 2.05) is 18.2 Å². The summed E-state index contributed by atoms with van der Waals surface area (Å²) in [6.07, 6.45) is 7.91. The van der Waals surface area contributed by atoms with Gasteiger partial charge in [-0.3, -0.25) is 0 Å². The minimum atomic E-state index is -0.593. The lowest BCUT2D eigenvalue weighted by molar-refractivity contribution is -0.0342. The van der Waals surface area contributed by atoms with Gasteiger partial charge in [-0.1, -0.05) is 75.1 Å². The van der Waals surface area contributed by atoms with Gasteiger partial charge in [-0.15, -0.1) is 0 Å². The number of nitrogens with zero attached hydrogens (tertiary/aromatic N) is 2. The molecule has 1 saturated carbocycles.